The summed E-state index contributed by atoms with van der Waals surface area (Å²) >= 11 is 0. The first-order chi connectivity index (χ1) is 7.26. The van der Waals surface area contributed by atoms with Crippen molar-refractivity contribution in [2.75, 3.05) is 12.3 Å². The predicted molar refractivity (Wildman–Crippen MR) is 52.2 cm³/mol. The highest BCUT2D eigenvalue weighted by Crippen LogP contribution is 2.12. The minimum Gasteiger partial charge on any atom is -0.395 e. The van der Waals surface area contributed by atoms with E-state index in [4.69, 9.17) is 10.8 Å². The maximum absolute atomic E-state index is 10.7. The molecular formula is C8H9N5O2. The monoisotopic (exact) mass is 207 g/mol. The SMILES string of the molecule is Nc1ncc2nc(C=O)n(CCO)c2n1. The van der Waals surface area contributed by atoms with E-state index in [1.54, 1.807) is 0 Å². The number of fused-ring (bicyclic) bond motifs is 1. The van der Waals surface area contributed by atoms with Gasteiger partial charge >= 0.3 is 0 Å². The van der Waals surface area contributed by atoms with Crippen molar-refractivity contribution in [3.05, 3.63) is 12.0 Å². The van der Waals surface area contributed by atoms with Gasteiger partial charge in [0.1, 0.15) is 5.52 Å². The maximum atomic E-state index is 10.7. The highest BCUT2D eigenvalue weighted by molar-refractivity contribution is 5.80. The molecule has 0 spiro atoms. The Morgan fingerprint density at radius 2 is 2.33 bits per heavy atom. The normalized spacial score (nSPS) is 10.7. The van der Waals surface area contributed by atoms with Crippen molar-refractivity contribution < 1.29 is 9.90 Å². The Kier molecular flexibility index (Phi) is 2.30. The summed E-state index contributed by atoms with van der Waals surface area (Å²) < 4.78 is 1.50. The molecule has 0 amide bonds. The summed E-state index contributed by atoms with van der Waals surface area (Å²) in [6.45, 7) is 0.150. The Labute approximate surface area is 84.6 Å². The number of aldehydes is 1. The van der Waals surface area contributed by atoms with E-state index in [-0.39, 0.29) is 24.9 Å². The fourth-order valence-electron chi connectivity index (χ4n) is 1.36. The van der Waals surface area contributed by atoms with Crippen LogP contribution in [0.5, 0.6) is 0 Å². The molecule has 15 heavy (non-hydrogen) atoms. The number of imidazole rings is 1. The third-order valence-electron chi connectivity index (χ3n) is 1.96. The summed E-state index contributed by atoms with van der Waals surface area (Å²) in [7, 11) is 0. The molecule has 2 rings (SSSR count). The molecule has 7 nitrogen and oxygen atoms in total. The van der Waals surface area contributed by atoms with Gasteiger partial charge in [-0.25, -0.2) is 9.97 Å². The van der Waals surface area contributed by atoms with E-state index in [1.807, 2.05) is 0 Å². The van der Waals surface area contributed by atoms with Crippen molar-refractivity contribution >= 4 is 23.4 Å². The lowest BCUT2D eigenvalue weighted by Crippen LogP contribution is -2.07. The van der Waals surface area contributed by atoms with Gasteiger partial charge in [-0.15, -0.1) is 0 Å². The molecule has 3 N–H and O–H groups in total. The number of nitrogen functional groups attached to an aromatic ring is 1. The minimum absolute atomic E-state index is 0.101. The zero-order valence-corrected chi connectivity index (χ0v) is 7.79. The standard InChI is InChI=1S/C8H9N5O2/c9-8-10-3-5-7(12-8)13(1-2-14)6(4-15)11-5/h3-4,14H,1-2H2,(H2,9,10,12). The summed E-state index contributed by atoms with van der Waals surface area (Å²) in [6, 6.07) is 0. The van der Waals surface area contributed by atoms with Gasteiger partial charge in [-0.2, -0.15) is 4.98 Å². The zero-order chi connectivity index (χ0) is 10.8. The van der Waals surface area contributed by atoms with Crippen molar-refractivity contribution in [1.29, 1.82) is 0 Å². The lowest BCUT2D eigenvalue weighted by atomic mass is 10.5. The lowest BCUT2D eigenvalue weighted by molar-refractivity contribution is 0.111. The van der Waals surface area contributed by atoms with Crippen LogP contribution in [-0.4, -0.2) is 37.5 Å². The van der Waals surface area contributed by atoms with Crippen molar-refractivity contribution in [2.45, 2.75) is 6.54 Å². The Morgan fingerprint density at radius 3 is 3.00 bits per heavy atom. The predicted octanol–water partition coefficient (Wildman–Crippen LogP) is -0.787. The van der Waals surface area contributed by atoms with Gasteiger partial charge in [0.15, 0.2) is 17.8 Å². The van der Waals surface area contributed by atoms with E-state index in [1.165, 1.54) is 10.8 Å². The van der Waals surface area contributed by atoms with E-state index in [0.29, 0.717) is 17.5 Å². The van der Waals surface area contributed by atoms with Crippen LogP contribution in [0.3, 0.4) is 0 Å². The number of aromatic nitrogens is 4. The Hall–Kier alpha value is -2.02. The van der Waals surface area contributed by atoms with Crippen LogP contribution in [0.1, 0.15) is 10.6 Å². The van der Waals surface area contributed by atoms with Gasteiger partial charge in [0.2, 0.25) is 5.95 Å². The molecule has 0 saturated carbocycles. The maximum Gasteiger partial charge on any atom is 0.222 e. The summed E-state index contributed by atoms with van der Waals surface area (Å²) in [4.78, 5) is 22.4. The van der Waals surface area contributed by atoms with Crippen LogP contribution in [-0.2, 0) is 6.54 Å². The van der Waals surface area contributed by atoms with E-state index in [9.17, 15) is 4.79 Å². The molecule has 2 heterocycles. The molecule has 78 valence electrons. The minimum atomic E-state index is -0.101. The number of carbonyl (C=O) groups excluding carboxylic acids is 1. The number of aliphatic hydroxyl groups is 1. The fraction of sp³-hybridized carbons (Fsp3) is 0.250. The van der Waals surface area contributed by atoms with Gasteiger partial charge in [0.25, 0.3) is 0 Å². The lowest BCUT2D eigenvalue weighted by Gasteiger charge is -2.01. The molecule has 2 aromatic heterocycles. The number of anilines is 1. The Balaban J connectivity index is 2.70. The number of carbonyl (C=O) groups is 1. The molecule has 0 radical (unpaired) electrons. The van der Waals surface area contributed by atoms with Gasteiger partial charge in [-0.3, -0.25) is 4.79 Å². The molecule has 0 unspecified atom stereocenters. The van der Waals surface area contributed by atoms with Gasteiger partial charge in [0, 0.05) is 6.54 Å². The fourth-order valence-corrected chi connectivity index (χ4v) is 1.36. The first kappa shape index (κ1) is 9.53. The smallest absolute Gasteiger partial charge is 0.222 e. The number of hydrogen-bond acceptors (Lipinski definition) is 6. The molecule has 0 bridgehead atoms. The van der Waals surface area contributed by atoms with E-state index in [0.717, 1.165) is 0 Å². The molecule has 0 fully saturated rings. The number of nitrogens with two attached hydrogens (primary N) is 1. The van der Waals surface area contributed by atoms with E-state index in [2.05, 4.69) is 15.0 Å². The molecule has 0 aromatic carbocycles. The van der Waals surface area contributed by atoms with Crippen LogP contribution in [0.2, 0.25) is 0 Å². The number of aliphatic hydroxyl groups excluding tert-OH is 1. The quantitative estimate of drug-likeness (QED) is 0.639. The molecule has 0 aliphatic rings. The van der Waals surface area contributed by atoms with Crippen LogP contribution in [0.15, 0.2) is 6.20 Å². The van der Waals surface area contributed by atoms with Crippen LogP contribution < -0.4 is 5.73 Å². The average molecular weight is 207 g/mol. The van der Waals surface area contributed by atoms with Crippen molar-refractivity contribution in [3.63, 3.8) is 0 Å². The van der Waals surface area contributed by atoms with E-state index >= 15 is 0 Å². The topological polar surface area (TPSA) is 107 Å². The molecule has 7 heteroatoms. The van der Waals surface area contributed by atoms with Crippen molar-refractivity contribution in [1.82, 2.24) is 19.5 Å². The first-order valence-corrected chi connectivity index (χ1v) is 4.31. The van der Waals surface area contributed by atoms with Gasteiger partial charge < -0.3 is 15.4 Å². The van der Waals surface area contributed by atoms with Crippen LogP contribution in [0, 0.1) is 0 Å². The molecular weight excluding hydrogens is 198 g/mol. The molecule has 0 aliphatic heterocycles. The molecule has 0 atom stereocenters. The summed E-state index contributed by atoms with van der Waals surface area (Å²) in [6.07, 6.45) is 2.05. The number of rotatable bonds is 3. The third-order valence-corrected chi connectivity index (χ3v) is 1.96. The Bertz CT molecular complexity index is 507. The average Bonchev–Trinajstić information content (AvgIpc) is 2.57. The van der Waals surface area contributed by atoms with Crippen LogP contribution in [0.25, 0.3) is 11.2 Å². The molecule has 0 saturated heterocycles. The van der Waals surface area contributed by atoms with Crippen molar-refractivity contribution in [2.24, 2.45) is 0 Å². The van der Waals surface area contributed by atoms with Gasteiger partial charge in [-0.1, -0.05) is 0 Å². The number of hydrogen-bond donors (Lipinski definition) is 2. The zero-order valence-electron chi connectivity index (χ0n) is 7.79. The Morgan fingerprint density at radius 1 is 1.53 bits per heavy atom. The van der Waals surface area contributed by atoms with Gasteiger partial charge in [-0.05, 0) is 0 Å². The molecule has 0 aliphatic carbocycles. The largest absolute Gasteiger partial charge is 0.395 e. The highest BCUT2D eigenvalue weighted by atomic mass is 16.3. The number of nitrogens with zero attached hydrogens (tertiary/aromatic N) is 4. The second kappa shape index (κ2) is 3.62. The summed E-state index contributed by atoms with van der Waals surface area (Å²) in [5, 5.41) is 8.85. The van der Waals surface area contributed by atoms with E-state index < -0.39 is 0 Å². The first-order valence-electron chi connectivity index (χ1n) is 4.31. The summed E-state index contributed by atoms with van der Waals surface area (Å²) in [5.74, 6) is 0.318. The van der Waals surface area contributed by atoms with Crippen LogP contribution >= 0.6 is 0 Å². The summed E-state index contributed by atoms with van der Waals surface area (Å²) in [5.41, 5.74) is 6.37. The third kappa shape index (κ3) is 1.52. The molecule has 2 aromatic rings. The highest BCUT2D eigenvalue weighted by Gasteiger charge is 2.11. The van der Waals surface area contributed by atoms with Crippen molar-refractivity contribution in [3.8, 4) is 0 Å². The van der Waals surface area contributed by atoms with Gasteiger partial charge in [0.05, 0.1) is 12.8 Å². The second-order valence-electron chi connectivity index (χ2n) is 2.90. The van der Waals surface area contributed by atoms with Crippen LogP contribution in [0.4, 0.5) is 5.95 Å². The second-order valence-corrected chi connectivity index (χ2v) is 2.90.